The fourth-order valence-corrected chi connectivity index (χ4v) is 4.16. The number of sulfone groups is 1. The summed E-state index contributed by atoms with van der Waals surface area (Å²) in [5.74, 6) is 0.196. The van der Waals surface area contributed by atoms with Gasteiger partial charge in [-0.2, -0.15) is 5.26 Å². The maximum Gasteiger partial charge on any atom is 0.262 e. The lowest BCUT2D eigenvalue weighted by Crippen LogP contribution is -2.36. The number of carbonyl (C=O) groups is 1. The van der Waals surface area contributed by atoms with Crippen molar-refractivity contribution in [2.75, 3.05) is 18.1 Å². The number of amides is 1. The number of hydrogen-bond acceptors (Lipinski definition) is 5. The minimum atomic E-state index is -3.08. The molecule has 6 nitrogen and oxygen atoms in total. The summed E-state index contributed by atoms with van der Waals surface area (Å²) in [5.41, 5.74) is 0.650. The number of benzene rings is 1. The van der Waals surface area contributed by atoms with Gasteiger partial charge in [0.15, 0.2) is 9.84 Å². The van der Waals surface area contributed by atoms with E-state index in [1.807, 2.05) is 6.07 Å². The van der Waals surface area contributed by atoms with Crippen molar-refractivity contribution < 1.29 is 17.9 Å². The number of carbonyl (C=O) groups excluding carboxylic acids is 1. The van der Waals surface area contributed by atoms with Crippen molar-refractivity contribution in [3.8, 4) is 11.8 Å². The summed E-state index contributed by atoms with van der Waals surface area (Å²) in [6, 6.07) is 8.56. The van der Waals surface area contributed by atoms with Gasteiger partial charge in [0.1, 0.15) is 17.4 Å². The molecule has 25 heavy (non-hydrogen) atoms. The largest absolute Gasteiger partial charge is 0.494 e. The Bertz CT molecular complexity index is 776. The lowest BCUT2D eigenvalue weighted by atomic mass is 10.1. The molecule has 0 bridgehead atoms. The highest BCUT2D eigenvalue weighted by Crippen LogP contribution is 2.16. The van der Waals surface area contributed by atoms with Crippen molar-refractivity contribution in [1.82, 2.24) is 5.32 Å². The molecule has 1 atom stereocenters. The number of rotatable bonds is 7. The zero-order valence-corrected chi connectivity index (χ0v) is 15.0. The molecule has 1 amide bonds. The van der Waals surface area contributed by atoms with E-state index in [1.54, 1.807) is 24.3 Å². The molecular formula is C18H22N2O4S. The van der Waals surface area contributed by atoms with E-state index < -0.39 is 21.8 Å². The molecular weight excluding hydrogens is 340 g/mol. The Kier molecular flexibility index (Phi) is 6.59. The average molecular weight is 362 g/mol. The highest BCUT2D eigenvalue weighted by atomic mass is 32.2. The van der Waals surface area contributed by atoms with E-state index in [0.29, 0.717) is 18.6 Å². The van der Waals surface area contributed by atoms with Gasteiger partial charge in [0.05, 0.1) is 18.1 Å². The van der Waals surface area contributed by atoms with Crippen LogP contribution in [0.25, 0.3) is 6.08 Å². The Morgan fingerprint density at radius 3 is 2.68 bits per heavy atom. The molecule has 1 saturated heterocycles. The van der Waals surface area contributed by atoms with Crippen molar-refractivity contribution in [3.63, 3.8) is 0 Å². The summed E-state index contributed by atoms with van der Waals surface area (Å²) in [6.45, 7) is 2.74. The predicted octanol–water partition coefficient (Wildman–Crippen LogP) is 2.08. The number of nitrogens with zero attached hydrogens (tertiary/aromatic N) is 1. The van der Waals surface area contributed by atoms with Gasteiger partial charge < -0.3 is 10.1 Å². The van der Waals surface area contributed by atoms with Gasteiger partial charge in [0, 0.05) is 6.04 Å². The first-order valence-electron chi connectivity index (χ1n) is 8.29. The fraction of sp³-hybridized carbons (Fsp3) is 0.444. The third-order valence-corrected chi connectivity index (χ3v) is 5.66. The number of hydrogen-bond donors (Lipinski definition) is 1. The second-order valence-electron chi connectivity index (χ2n) is 6.01. The summed E-state index contributed by atoms with van der Waals surface area (Å²) in [7, 11) is -3.08. The van der Waals surface area contributed by atoms with Crippen molar-refractivity contribution in [3.05, 3.63) is 35.4 Å². The Morgan fingerprint density at radius 2 is 2.12 bits per heavy atom. The van der Waals surface area contributed by atoms with Gasteiger partial charge in [-0.05, 0) is 36.6 Å². The second kappa shape index (κ2) is 8.67. The van der Waals surface area contributed by atoms with Crippen LogP contribution in [0.3, 0.4) is 0 Å². The Morgan fingerprint density at radius 1 is 1.40 bits per heavy atom. The molecule has 0 radical (unpaired) electrons. The van der Waals surface area contributed by atoms with Crippen LogP contribution in [0.4, 0.5) is 0 Å². The molecule has 0 saturated carbocycles. The van der Waals surface area contributed by atoms with E-state index in [2.05, 4.69) is 12.2 Å². The van der Waals surface area contributed by atoms with E-state index in [1.165, 1.54) is 6.08 Å². The molecule has 134 valence electrons. The quantitative estimate of drug-likeness (QED) is 0.455. The molecule has 0 aliphatic carbocycles. The molecule has 1 aromatic rings. The SMILES string of the molecule is CCCCOc1ccc(C=C(C#N)C(=O)NC2CCS(=O)(=O)C2)cc1. The minimum Gasteiger partial charge on any atom is -0.494 e. The van der Waals surface area contributed by atoms with Gasteiger partial charge >= 0.3 is 0 Å². The topological polar surface area (TPSA) is 96.3 Å². The summed E-state index contributed by atoms with van der Waals surface area (Å²) in [5, 5.41) is 11.8. The van der Waals surface area contributed by atoms with Crippen LogP contribution in [-0.2, 0) is 14.6 Å². The van der Waals surface area contributed by atoms with Crippen LogP contribution in [0, 0.1) is 11.3 Å². The fourth-order valence-electron chi connectivity index (χ4n) is 2.48. The van der Waals surface area contributed by atoms with Gasteiger partial charge in [-0.25, -0.2) is 8.42 Å². The Hall–Kier alpha value is -2.33. The molecule has 1 heterocycles. The zero-order valence-electron chi connectivity index (χ0n) is 14.2. The van der Waals surface area contributed by atoms with Crippen LogP contribution in [-0.4, -0.2) is 38.5 Å². The molecule has 1 aromatic carbocycles. The summed E-state index contributed by atoms with van der Waals surface area (Å²) in [6.07, 6.45) is 3.91. The van der Waals surface area contributed by atoms with Gasteiger partial charge in [-0.3, -0.25) is 4.79 Å². The van der Waals surface area contributed by atoms with Crippen molar-refractivity contribution in [1.29, 1.82) is 5.26 Å². The van der Waals surface area contributed by atoms with Crippen molar-refractivity contribution in [2.45, 2.75) is 32.2 Å². The standard InChI is InChI=1S/C18H22N2O4S/c1-2-3-9-24-17-6-4-14(5-7-17)11-15(12-19)18(21)20-16-8-10-25(22,23)13-16/h4-7,11,16H,2-3,8-10,13H2,1H3,(H,20,21). The van der Waals surface area contributed by atoms with Gasteiger partial charge in [-0.1, -0.05) is 25.5 Å². The van der Waals surface area contributed by atoms with Crippen LogP contribution in [0.5, 0.6) is 5.75 Å². The zero-order chi connectivity index (χ0) is 18.3. The summed E-state index contributed by atoms with van der Waals surface area (Å²) < 4.78 is 28.4. The van der Waals surface area contributed by atoms with Gasteiger partial charge in [0.2, 0.25) is 0 Å². The number of ether oxygens (including phenoxy) is 1. The van der Waals surface area contributed by atoms with E-state index in [0.717, 1.165) is 18.6 Å². The summed E-state index contributed by atoms with van der Waals surface area (Å²) in [4.78, 5) is 12.2. The van der Waals surface area contributed by atoms with Gasteiger partial charge in [-0.15, -0.1) is 0 Å². The van der Waals surface area contributed by atoms with E-state index in [9.17, 15) is 18.5 Å². The van der Waals surface area contributed by atoms with Crippen molar-refractivity contribution in [2.24, 2.45) is 0 Å². The molecule has 1 unspecified atom stereocenters. The van der Waals surface area contributed by atoms with E-state index in [4.69, 9.17) is 4.74 Å². The number of nitriles is 1. The first-order valence-corrected chi connectivity index (χ1v) is 10.1. The maximum atomic E-state index is 12.2. The molecule has 1 aliphatic rings. The molecule has 7 heteroatoms. The van der Waals surface area contributed by atoms with Gasteiger partial charge in [0.25, 0.3) is 5.91 Å². The second-order valence-corrected chi connectivity index (χ2v) is 8.24. The third-order valence-electron chi connectivity index (χ3n) is 3.89. The lowest BCUT2D eigenvalue weighted by Gasteiger charge is -2.10. The first-order chi connectivity index (χ1) is 11.9. The molecule has 0 spiro atoms. The van der Waals surface area contributed by atoms with Crippen LogP contribution < -0.4 is 10.1 Å². The monoisotopic (exact) mass is 362 g/mol. The normalized spacial score (nSPS) is 19.2. The van der Waals surface area contributed by atoms with Crippen LogP contribution in [0.2, 0.25) is 0 Å². The average Bonchev–Trinajstić information content (AvgIpc) is 2.92. The smallest absolute Gasteiger partial charge is 0.262 e. The minimum absolute atomic E-state index is 0.0519. The highest BCUT2D eigenvalue weighted by Gasteiger charge is 2.29. The van der Waals surface area contributed by atoms with Crippen LogP contribution >= 0.6 is 0 Å². The molecule has 1 aliphatic heterocycles. The molecule has 0 aromatic heterocycles. The number of unbranched alkanes of at least 4 members (excludes halogenated alkanes) is 1. The molecule has 2 rings (SSSR count). The number of nitrogens with one attached hydrogen (secondary N) is 1. The van der Waals surface area contributed by atoms with Crippen molar-refractivity contribution >= 4 is 21.8 Å². The Labute approximate surface area is 148 Å². The highest BCUT2D eigenvalue weighted by molar-refractivity contribution is 7.91. The first kappa shape index (κ1) is 19.0. The van der Waals surface area contributed by atoms with Crippen LogP contribution in [0.15, 0.2) is 29.8 Å². The predicted molar refractivity (Wildman–Crippen MR) is 95.6 cm³/mol. The molecule has 1 fully saturated rings. The van der Waals surface area contributed by atoms with E-state index in [-0.39, 0.29) is 17.1 Å². The Balaban J connectivity index is 1.99. The third kappa shape index (κ3) is 5.91. The maximum absolute atomic E-state index is 12.2. The molecule has 1 N–H and O–H groups in total. The van der Waals surface area contributed by atoms with E-state index >= 15 is 0 Å². The van der Waals surface area contributed by atoms with Crippen LogP contribution in [0.1, 0.15) is 31.7 Å². The lowest BCUT2D eigenvalue weighted by molar-refractivity contribution is -0.117. The summed E-state index contributed by atoms with van der Waals surface area (Å²) >= 11 is 0.